The van der Waals surface area contributed by atoms with Crippen molar-refractivity contribution < 1.29 is 38.6 Å². The Balaban J connectivity index is 1.59. The van der Waals surface area contributed by atoms with Gasteiger partial charge in [0.1, 0.15) is 37.6 Å². The Morgan fingerprint density at radius 3 is 1.73 bits per heavy atom. The molecule has 0 amide bonds. The average molecular weight is 465 g/mol. The Hall–Kier alpha value is -2.20. The van der Waals surface area contributed by atoms with Crippen LogP contribution < -0.4 is 9.47 Å². The number of hydrogen-bond acceptors (Lipinski definition) is 8. The highest BCUT2D eigenvalue weighted by Crippen LogP contribution is 2.18. The molecule has 184 valence electrons. The normalized spacial score (nSPS) is 13.0. The number of aliphatic hydroxyl groups excluding tert-OH is 2. The summed E-state index contributed by atoms with van der Waals surface area (Å²) >= 11 is 0. The van der Waals surface area contributed by atoms with E-state index < -0.39 is 12.2 Å². The van der Waals surface area contributed by atoms with Crippen LogP contribution >= 0.6 is 0 Å². The van der Waals surface area contributed by atoms with Crippen LogP contribution in [0.4, 0.5) is 0 Å². The molecule has 2 aromatic carbocycles. The monoisotopic (exact) mass is 464 g/mol. The summed E-state index contributed by atoms with van der Waals surface area (Å²) in [7, 11) is 1.61. The number of methoxy groups -OCH3 is 1. The molecule has 0 heterocycles. The van der Waals surface area contributed by atoms with E-state index >= 15 is 0 Å². The Morgan fingerprint density at radius 2 is 1.18 bits per heavy atom. The van der Waals surface area contributed by atoms with E-state index in [0.29, 0.717) is 32.2 Å². The van der Waals surface area contributed by atoms with Crippen LogP contribution in [0.1, 0.15) is 18.1 Å². The quantitative estimate of drug-likeness (QED) is 0.257. The molecule has 33 heavy (non-hydrogen) atoms. The summed E-state index contributed by atoms with van der Waals surface area (Å²) in [4.78, 5) is 0. The van der Waals surface area contributed by atoms with Crippen molar-refractivity contribution in [1.82, 2.24) is 0 Å². The van der Waals surface area contributed by atoms with Gasteiger partial charge in [0, 0.05) is 7.11 Å². The van der Waals surface area contributed by atoms with Crippen LogP contribution in [0, 0.1) is 0 Å². The molecule has 0 bridgehead atoms. The first-order valence-corrected chi connectivity index (χ1v) is 11.1. The van der Waals surface area contributed by atoms with Gasteiger partial charge in [-0.05, 0) is 48.7 Å². The molecule has 0 saturated carbocycles. The van der Waals surface area contributed by atoms with Gasteiger partial charge < -0.3 is 38.6 Å². The van der Waals surface area contributed by atoms with Gasteiger partial charge >= 0.3 is 0 Å². The highest BCUT2D eigenvalue weighted by Gasteiger charge is 2.06. The maximum absolute atomic E-state index is 10.00. The van der Waals surface area contributed by atoms with Crippen molar-refractivity contribution in [3.8, 4) is 11.5 Å². The molecule has 2 atom stereocenters. The van der Waals surface area contributed by atoms with E-state index in [0.717, 1.165) is 23.3 Å². The first-order valence-electron chi connectivity index (χ1n) is 11.1. The second kappa shape index (κ2) is 16.4. The van der Waals surface area contributed by atoms with E-state index in [1.165, 1.54) is 0 Å². The van der Waals surface area contributed by atoms with E-state index in [4.69, 9.17) is 28.4 Å². The number of hydrogen-bond donors (Lipinski definition) is 2. The first kappa shape index (κ1) is 27.0. The lowest BCUT2D eigenvalue weighted by molar-refractivity contribution is -0.0840. The van der Waals surface area contributed by atoms with E-state index in [-0.39, 0.29) is 26.6 Å². The molecule has 0 spiro atoms. The molecule has 0 aliphatic carbocycles. The van der Waals surface area contributed by atoms with Gasteiger partial charge in [-0.2, -0.15) is 0 Å². The van der Waals surface area contributed by atoms with Gasteiger partial charge in [0.15, 0.2) is 0 Å². The molecular weight excluding hydrogens is 428 g/mol. The van der Waals surface area contributed by atoms with Crippen molar-refractivity contribution in [3.63, 3.8) is 0 Å². The van der Waals surface area contributed by atoms with Crippen molar-refractivity contribution >= 4 is 0 Å². The fourth-order valence-corrected chi connectivity index (χ4v) is 2.76. The first-order chi connectivity index (χ1) is 16.1. The SMILES string of the molecule is COCCOCOCCOCC(O)COc1ccc(Cc2ccc(OCC(C)O)cc2)cc1. The largest absolute Gasteiger partial charge is 0.491 e. The summed E-state index contributed by atoms with van der Waals surface area (Å²) in [5.74, 6) is 1.43. The topological polar surface area (TPSA) is 95.8 Å². The van der Waals surface area contributed by atoms with Crippen LogP contribution in [-0.4, -0.2) is 82.6 Å². The predicted molar refractivity (Wildman–Crippen MR) is 124 cm³/mol. The second-order valence-electron chi connectivity index (χ2n) is 7.59. The highest BCUT2D eigenvalue weighted by molar-refractivity contribution is 5.34. The van der Waals surface area contributed by atoms with Gasteiger partial charge in [-0.1, -0.05) is 24.3 Å². The highest BCUT2D eigenvalue weighted by atomic mass is 16.7. The summed E-state index contributed by atoms with van der Waals surface area (Å²) in [6.07, 6.45) is -0.430. The van der Waals surface area contributed by atoms with Gasteiger partial charge in [0.25, 0.3) is 0 Å². The molecule has 0 aliphatic rings. The zero-order valence-electron chi connectivity index (χ0n) is 19.5. The van der Waals surface area contributed by atoms with Gasteiger partial charge in [-0.15, -0.1) is 0 Å². The fourth-order valence-electron chi connectivity index (χ4n) is 2.76. The second-order valence-corrected chi connectivity index (χ2v) is 7.59. The van der Waals surface area contributed by atoms with Gasteiger partial charge in [0.05, 0.1) is 39.1 Å². The number of benzene rings is 2. The van der Waals surface area contributed by atoms with Crippen LogP contribution in [0.2, 0.25) is 0 Å². The van der Waals surface area contributed by atoms with Crippen LogP contribution in [0.3, 0.4) is 0 Å². The third kappa shape index (κ3) is 12.6. The molecule has 2 unspecified atom stereocenters. The molecular formula is C25H36O8. The smallest absolute Gasteiger partial charge is 0.146 e. The fraction of sp³-hybridized carbons (Fsp3) is 0.520. The summed E-state index contributed by atoms with van der Waals surface area (Å²) < 4.78 is 31.8. The third-order valence-corrected chi connectivity index (χ3v) is 4.47. The molecule has 2 aromatic rings. The summed E-state index contributed by atoms with van der Waals surface area (Å²) in [6, 6.07) is 15.6. The van der Waals surface area contributed by atoms with Gasteiger partial charge in [-0.3, -0.25) is 0 Å². The van der Waals surface area contributed by atoms with Crippen molar-refractivity contribution in [2.24, 2.45) is 0 Å². The number of rotatable bonds is 18. The van der Waals surface area contributed by atoms with Crippen LogP contribution in [0.5, 0.6) is 11.5 Å². The Bertz CT molecular complexity index is 733. The van der Waals surface area contributed by atoms with E-state index in [9.17, 15) is 10.2 Å². The van der Waals surface area contributed by atoms with Crippen molar-refractivity contribution in [1.29, 1.82) is 0 Å². The molecule has 0 radical (unpaired) electrons. The standard InChI is InChI=1S/C25H36O8/c1-20(26)16-32-24-7-3-21(4-8-24)15-22-5-9-25(10-6-22)33-18-23(27)17-29-13-14-31-19-30-12-11-28-2/h3-10,20,23,26-27H,11-19H2,1-2H3. The summed E-state index contributed by atoms with van der Waals surface area (Å²) in [6.45, 7) is 4.26. The maximum atomic E-state index is 10.00. The van der Waals surface area contributed by atoms with Crippen molar-refractivity contribution in [3.05, 3.63) is 59.7 Å². The minimum absolute atomic E-state index is 0.147. The zero-order valence-corrected chi connectivity index (χ0v) is 19.5. The lowest BCUT2D eigenvalue weighted by Crippen LogP contribution is -2.24. The van der Waals surface area contributed by atoms with Gasteiger partial charge in [0.2, 0.25) is 0 Å². The molecule has 2 N–H and O–H groups in total. The molecule has 0 saturated heterocycles. The third-order valence-electron chi connectivity index (χ3n) is 4.47. The van der Waals surface area contributed by atoms with E-state index in [1.807, 2.05) is 48.5 Å². The predicted octanol–water partition coefficient (Wildman–Crippen LogP) is 2.43. The molecule has 0 aliphatic heterocycles. The lowest BCUT2D eigenvalue weighted by Gasteiger charge is -2.13. The molecule has 8 heteroatoms. The molecule has 8 nitrogen and oxygen atoms in total. The Morgan fingerprint density at radius 1 is 0.667 bits per heavy atom. The van der Waals surface area contributed by atoms with E-state index in [2.05, 4.69) is 0 Å². The molecule has 0 fully saturated rings. The van der Waals surface area contributed by atoms with Crippen LogP contribution in [-0.2, 0) is 25.4 Å². The van der Waals surface area contributed by atoms with Crippen LogP contribution in [0.25, 0.3) is 0 Å². The maximum Gasteiger partial charge on any atom is 0.146 e. The Kier molecular flexibility index (Phi) is 13.5. The zero-order chi connectivity index (χ0) is 23.7. The lowest BCUT2D eigenvalue weighted by atomic mass is 10.0. The minimum atomic E-state index is -0.725. The van der Waals surface area contributed by atoms with Crippen molar-refractivity contribution in [2.75, 3.05) is 60.2 Å². The average Bonchev–Trinajstić information content (AvgIpc) is 2.82. The minimum Gasteiger partial charge on any atom is -0.491 e. The summed E-state index contributed by atoms with van der Waals surface area (Å²) in [5.41, 5.74) is 2.31. The number of ether oxygens (including phenoxy) is 6. The van der Waals surface area contributed by atoms with Crippen LogP contribution in [0.15, 0.2) is 48.5 Å². The number of aliphatic hydroxyl groups is 2. The molecule has 0 aromatic heterocycles. The van der Waals surface area contributed by atoms with Gasteiger partial charge in [-0.25, -0.2) is 0 Å². The molecule has 2 rings (SSSR count). The summed E-state index contributed by atoms with van der Waals surface area (Å²) in [5, 5.41) is 19.3. The Labute approximate surface area is 196 Å². The van der Waals surface area contributed by atoms with E-state index in [1.54, 1.807) is 14.0 Å². The van der Waals surface area contributed by atoms with Crippen molar-refractivity contribution in [2.45, 2.75) is 25.6 Å².